The fourth-order valence-electron chi connectivity index (χ4n) is 1.11. The smallest absolute Gasteiger partial charge is 0.147 e. The van der Waals surface area contributed by atoms with Crippen molar-refractivity contribution in [2.75, 3.05) is 13.4 Å². The van der Waals surface area contributed by atoms with Crippen molar-refractivity contribution in [2.45, 2.75) is 45.6 Å². The Labute approximate surface area is 81.9 Å². The van der Waals surface area contributed by atoms with Crippen LogP contribution in [0.5, 0.6) is 0 Å². The molecule has 0 heterocycles. The van der Waals surface area contributed by atoms with Gasteiger partial charge in [-0.25, -0.2) is 0 Å². The summed E-state index contributed by atoms with van der Waals surface area (Å²) in [5.41, 5.74) is 0. The fraction of sp³-hybridized carbons (Fsp3) is 0.818. The second kappa shape index (κ2) is 9.75. The lowest BCUT2D eigenvalue weighted by atomic mass is 10.1. The monoisotopic (exact) mass is 186 g/mol. The second-order valence-electron chi connectivity index (χ2n) is 3.07. The maximum atomic E-state index is 5.53. The van der Waals surface area contributed by atoms with Crippen molar-refractivity contribution in [3.8, 4) is 0 Å². The summed E-state index contributed by atoms with van der Waals surface area (Å²) in [5.74, 6) is 0. The van der Waals surface area contributed by atoms with Crippen LogP contribution < -0.4 is 0 Å². The van der Waals surface area contributed by atoms with Crippen LogP contribution in [0.2, 0.25) is 0 Å². The van der Waals surface area contributed by atoms with Crippen LogP contribution >= 0.6 is 0 Å². The van der Waals surface area contributed by atoms with E-state index < -0.39 is 0 Å². The molecular formula is C11H22O2. The van der Waals surface area contributed by atoms with E-state index in [1.165, 1.54) is 12.8 Å². The third-order valence-corrected chi connectivity index (χ3v) is 1.90. The van der Waals surface area contributed by atoms with Gasteiger partial charge in [0.15, 0.2) is 0 Å². The molecule has 1 unspecified atom stereocenters. The Kier molecular flexibility index (Phi) is 9.49. The van der Waals surface area contributed by atoms with Gasteiger partial charge in [0, 0.05) is 6.61 Å². The van der Waals surface area contributed by atoms with Crippen LogP contribution in [0.4, 0.5) is 0 Å². The molecule has 78 valence electrons. The van der Waals surface area contributed by atoms with Crippen molar-refractivity contribution in [1.82, 2.24) is 0 Å². The number of hydrogen-bond donors (Lipinski definition) is 0. The first kappa shape index (κ1) is 12.7. The van der Waals surface area contributed by atoms with Crippen LogP contribution in [0.3, 0.4) is 0 Å². The fourth-order valence-corrected chi connectivity index (χ4v) is 1.11. The van der Waals surface area contributed by atoms with Crippen molar-refractivity contribution in [2.24, 2.45) is 0 Å². The molecule has 0 radical (unpaired) electrons. The number of ether oxygens (including phenoxy) is 2. The molecule has 0 saturated carbocycles. The van der Waals surface area contributed by atoms with E-state index in [1.54, 1.807) is 0 Å². The van der Waals surface area contributed by atoms with Gasteiger partial charge < -0.3 is 9.47 Å². The van der Waals surface area contributed by atoms with Crippen LogP contribution in [0.15, 0.2) is 12.7 Å². The minimum Gasteiger partial charge on any atom is -0.356 e. The number of unbranched alkanes of at least 4 members (excludes halogenated alkanes) is 1. The first-order chi connectivity index (χ1) is 6.35. The van der Waals surface area contributed by atoms with Crippen LogP contribution in [-0.4, -0.2) is 19.5 Å². The predicted molar refractivity (Wildman–Crippen MR) is 55.7 cm³/mol. The zero-order chi connectivity index (χ0) is 9.94. The Hall–Kier alpha value is -0.340. The summed E-state index contributed by atoms with van der Waals surface area (Å²) in [6.45, 7) is 9.01. The lowest BCUT2D eigenvalue weighted by Gasteiger charge is -2.15. The molecule has 0 amide bonds. The highest BCUT2D eigenvalue weighted by atomic mass is 16.7. The first-order valence-electron chi connectivity index (χ1n) is 5.15. The average Bonchev–Trinajstić information content (AvgIpc) is 2.14. The van der Waals surface area contributed by atoms with Crippen LogP contribution in [0.1, 0.15) is 39.5 Å². The Morgan fingerprint density at radius 1 is 1.38 bits per heavy atom. The van der Waals surface area contributed by atoms with Crippen molar-refractivity contribution in [3.63, 3.8) is 0 Å². The second-order valence-corrected chi connectivity index (χ2v) is 3.07. The molecule has 0 fully saturated rings. The number of rotatable bonds is 9. The van der Waals surface area contributed by atoms with Gasteiger partial charge >= 0.3 is 0 Å². The molecule has 0 aromatic carbocycles. The first-order valence-corrected chi connectivity index (χ1v) is 5.15. The molecule has 0 aliphatic carbocycles. The maximum Gasteiger partial charge on any atom is 0.147 e. The molecular weight excluding hydrogens is 164 g/mol. The highest BCUT2D eigenvalue weighted by Crippen LogP contribution is 2.09. The molecule has 2 heteroatoms. The Morgan fingerprint density at radius 3 is 2.69 bits per heavy atom. The van der Waals surface area contributed by atoms with Gasteiger partial charge in [-0.05, 0) is 19.8 Å². The van der Waals surface area contributed by atoms with Crippen molar-refractivity contribution < 1.29 is 9.47 Å². The van der Waals surface area contributed by atoms with Crippen molar-refractivity contribution >= 4 is 0 Å². The number of hydrogen-bond acceptors (Lipinski definition) is 2. The third kappa shape index (κ3) is 8.00. The molecule has 13 heavy (non-hydrogen) atoms. The molecule has 0 saturated heterocycles. The molecule has 0 rings (SSSR count). The molecule has 2 nitrogen and oxygen atoms in total. The molecule has 0 spiro atoms. The minimum atomic E-state index is 0.295. The van der Waals surface area contributed by atoms with E-state index in [0.717, 1.165) is 12.8 Å². The SMILES string of the molecule is C=CCC(CCCC)OCOCC. The lowest BCUT2D eigenvalue weighted by Crippen LogP contribution is -2.14. The summed E-state index contributed by atoms with van der Waals surface area (Å²) in [4.78, 5) is 0. The summed E-state index contributed by atoms with van der Waals surface area (Å²) < 4.78 is 10.7. The molecule has 0 aliphatic heterocycles. The Bertz CT molecular complexity index is 113. The van der Waals surface area contributed by atoms with Gasteiger partial charge in [-0.3, -0.25) is 0 Å². The molecule has 0 aliphatic rings. The zero-order valence-electron chi connectivity index (χ0n) is 8.92. The van der Waals surface area contributed by atoms with E-state index >= 15 is 0 Å². The van der Waals surface area contributed by atoms with E-state index in [-0.39, 0.29) is 0 Å². The van der Waals surface area contributed by atoms with Gasteiger partial charge in [0.05, 0.1) is 6.10 Å². The van der Waals surface area contributed by atoms with E-state index in [4.69, 9.17) is 9.47 Å². The maximum absolute atomic E-state index is 5.53. The summed E-state index contributed by atoms with van der Waals surface area (Å²) in [6, 6.07) is 0. The van der Waals surface area contributed by atoms with Gasteiger partial charge in [0.25, 0.3) is 0 Å². The highest BCUT2D eigenvalue weighted by molar-refractivity contribution is 4.73. The normalized spacial score (nSPS) is 12.8. The van der Waals surface area contributed by atoms with E-state index in [1.807, 2.05) is 13.0 Å². The Morgan fingerprint density at radius 2 is 2.15 bits per heavy atom. The van der Waals surface area contributed by atoms with Crippen LogP contribution in [0.25, 0.3) is 0 Å². The average molecular weight is 186 g/mol. The quantitative estimate of drug-likeness (QED) is 0.313. The topological polar surface area (TPSA) is 18.5 Å². The molecule has 0 aromatic rings. The van der Waals surface area contributed by atoms with Gasteiger partial charge in [0.2, 0.25) is 0 Å². The van der Waals surface area contributed by atoms with E-state index in [9.17, 15) is 0 Å². The minimum absolute atomic E-state index is 0.295. The van der Waals surface area contributed by atoms with Crippen LogP contribution in [0, 0.1) is 0 Å². The summed E-state index contributed by atoms with van der Waals surface area (Å²) >= 11 is 0. The zero-order valence-corrected chi connectivity index (χ0v) is 8.92. The van der Waals surface area contributed by atoms with Gasteiger partial charge in [-0.1, -0.05) is 25.8 Å². The largest absolute Gasteiger partial charge is 0.356 e. The third-order valence-electron chi connectivity index (χ3n) is 1.90. The van der Waals surface area contributed by atoms with E-state index in [0.29, 0.717) is 19.5 Å². The van der Waals surface area contributed by atoms with Gasteiger partial charge in [0.1, 0.15) is 6.79 Å². The highest BCUT2D eigenvalue weighted by Gasteiger charge is 2.05. The summed E-state index contributed by atoms with van der Waals surface area (Å²) in [5, 5.41) is 0. The van der Waals surface area contributed by atoms with Crippen molar-refractivity contribution in [3.05, 3.63) is 12.7 Å². The summed E-state index contributed by atoms with van der Waals surface area (Å²) in [7, 11) is 0. The molecule has 1 atom stereocenters. The Balaban J connectivity index is 3.47. The van der Waals surface area contributed by atoms with Crippen molar-refractivity contribution in [1.29, 1.82) is 0 Å². The van der Waals surface area contributed by atoms with E-state index in [2.05, 4.69) is 13.5 Å². The van der Waals surface area contributed by atoms with Gasteiger partial charge in [-0.15, -0.1) is 6.58 Å². The molecule has 0 aromatic heterocycles. The lowest BCUT2D eigenvalue weighted by molar-refractivity contribution is -0.0874. The predicted octanol–water partition coefficient (Wildman–Crippen LogP) is 3.13. The van der Waals surface area contributed by atoms with Crippen LogP contribution in [-0.2, 0) is 9.47 Å². The summed E-state index contributed by atoms with van der Waals surface area (Å²) in [6.07, 6.45) is 6.66. The molecule has 0 bridgehead atoms. The molecule has 0 N–H and O–H groups in total. The van der Waals surface area contributed by atoms with Gasteiger partial charge in [-0.2, -0.15) is 0 Å². The standard InChI is InChI=1S/C11H22O2/c1-4-7-9-11(8-5-2)13-10-12-6-3/h5,11H,2,4,6-10H2,1,3H3.